The van der Waals surface area contributed by atoms with Gasteiger partial charge in [-0.2, -0.15) is 0 Å². The van der Waals surface area contributed by atoms with E-state index in [4.69, 9.17) is 23.2 Å². The van der Waals surface area contributed by atoms with E-state index in [0.717, 1.165) is 24.3 Å². The van der Waals surface area contributed by atoms with Crippen LogP contribution in [0.5, 0.6) is 0 Å². The highest BCUT2D eigenvalue weighted by Crippen LogP contribution is 2.41. The lowest BCUT2D eigenvalue weighted by molar-refractivity contribution is 0.427. The van der Waals surface area contributed by atoms with Crippen molar-refractivity contribution in [2.75, 3.05) is 37.4 Å². The molecular weight excluding hydrogens is 365 g/mol. The minimum absolute atomic E-state index is 0.519. The van der Waals surface area contributed by atoms with Crippen LogP contribution in [-0.4, -0.2) is 27.2 Å². The Hall–Kier alpha value is -1.42. The first-order valence-electron chi connectivity index (χ1n) is 9.08. The molecule has 0 radical (unpaired) electrons. The van der Waals surface area contributed by atoms with Gasteiger partial charge in [0.25, 0.3) is 0 Å². The maximum Gasteiger partial charge on any atom is 0.0470 e. The first-order chi connectivity index (χ1) is 12.4. The number of anilines is 2. The van der Waals surface area contributed by atoms with Gasteiger partial charge in [0.1, 0.15) is 0 Å². The largest absolute Gasteiger partial charge is 0.381 e. The maximum atomic E-state index is 6.31. The summed E-state index contributed by atoms with van der Waals surface area (Å²) >= 11 is 12.3. The number of nitrogens with zero attached hydrogens (tertiary/aromatic N) is 1. The third kappa shape index (κ3) is 3.95. The predicted molar refractivity (Wildman–Crippen MR) is 114 cm³/mol. The lowest BCUT2D eigenvalue weighted by Crippen LogP contribution is -2.37. The lowest BCUT2D eigenvalue weighted by atomic mass is 9.81. The number of nitrogens with one attached hydrogen (secondary N) is 2. The summed E-state index contributed by atoms with van der Waals surface area (Å²) in [7, 11) is 4.22. The van der Waals surface area contributed by atoms with Crippen molar-refractivity contribution in [1.29, 1.82) is 0 Å². The van der Waals surface area contributed by atoms with Crippen molar-refractivity contribution in [3.63, 3.8) is 0 Å². The zero-order valence-electron chi connectivity index (χ0n) is 15.9. The third-order valence-corrected chi connectivity index (χ3v) is 5.87. The average molecular weight is 392 g/mol. The number of hydrogen-bond donors (Lipinski definition) is 2. The van der Waals surface area contributed by atoms with Gasteiger partial charge in [-0.25, -0.2) is 0 Å². The molecule has 0 bridgehead atoms. The minimum Gasteiger partial charge on any atom is -0.381 e. The minimum atomic E-state index is 0.519. The van der Waals surface area contributed by atoms with Gasteiger partial charge in [0.15, 0.2) is 0 Å². The van der Waals surface area contributed by atoms with Gasteiger partial charge in [0, 0.05) is 54.0 Å². The summed E-state index contributed by atoms with van der Waals surface area (Å²) in [6.45, 7) is 7.30. The van der Waals surface area contributed by atoms with Gasteiger partial charge in [-0.05, 0) is 60.8 Å². The molecule has 1 heterocycles. The summed E-state index contributed by atoms with van der Waals surface area (Å²) in [6.07, 6.45) is 0. The Morgan fingerprint density at radius 2 is 1.96 bits per heavy atom. The average Bonchev–Trinajstić information content (AvgIpc) is 2.57. The van der Waals surface area contributed by atoms with Gasteiger partial charge in [0.2, 0.25) is 0 Å². The van der Waals surface area contributed by atoms with E-state index >= 15 is 0 Å². The Morgan fingerprint density at radius 3 is 2.65 bits per heavy atom. The lowest BCUT2D eigenvalue weighted by Gasteiger charge is -2.39. The van der Waals surface area contributed by atoms with Crippen LogP contribution in [0.1, 0.15) is 29.5 Å². The molecule has 2 aromatic rings. The molecule has 0 amide bonds. The number of benzene rings is 2. The number of halogens is 2. The van der Waals surface area contributed by atoms with Gasteiger partial charge in [-0.1, -0.05) is 36.2 Å². The number of rotatable bonds is 5. The van der Waals surface area contributed by atoms with E-state index in [-0.39, 0.29) is 0 Å². The SMILES string of the molecule is CNCC1c2cc(NCc3ccc(Cl)cc3Cl)cc(C)c2N(C)CC1C. The Morgan fingerprint density at radius 1 is 1.19 bits per heavy atom. The molecule has 5 heteroatoms. The van der Waals surface area contributed by atoms with E-state index in [1.54, 1.807) is 6.07 Å². The van der Waals surface area contributed by atoms with Crippen LogP contribution in [0.2, 0.25) is 10.0 Å². The highest BCUT2D eigenvalue weighted by Gasteiger charge is 2.30. The van der Waals surface area contributed by atoms with Crippen LogP contribution in [-0.2, 0) is 6.54 Å². The normalized spacial score (nSPS) is 19.4. The second-order valence-corrected chi connectivity index (χ2v) is 8.19. The highest BCUT2D eigenvalue weighted by atomic mass is 35.5. The monoisotopic (exact) mass is 391 g/mol. The van der Waals surface area contributed by atoms with E-state index in [0.29, 0.717) is 28.4 Å². The molecule has 0 aliphatic carbocycles. The topological polar surface area (TPSA) is 27.3 Å². The van der Waals surface area contributed by atoms with Crippen molar-refractivity contribution in [3.05, 3.63) is 57.1 Å². The Kier molecular flexibility index (Phi) is 6.01. The van der Waals surface area contributed by atoms with Gasteiger partial charge >= 0.3 is 0 Å². The van der Waals surface area contributed by atoms with Crippen LogP contribution in [0.4, 0.5) is 11.4 Å². The van der Waals surface area contributed by atoms with E-state index in [1.165, 1.54) is 16.8 Å². The summed E-state index contributed by atoms with van der Waals surface area (Å²) in [6, 6.07) is 10.2. The van der Waals surface area contributed by atoms with Gasteiger partial charge in [0.05, 0.1) is 0 Å². The molecule has 1 aliphatic rings. The molecule has 2 N–H and O–H groups in total. The molecule has 26 heavy (non-hydrogen) atoms. The molecule has 2 atom stereocenters. The number of fused-ring (bicyclic) bond motifs is 1. The predicted octanol–water partition coefficient (Wildman–Crippen LogP) is 5.30. The molecule has 0 saturated heterocycles. The molecule has 0 fully saturated rings. The zero-order chi connectivity index (χ0) is 18.8. The van der Waals surface area contributed by atoms with Gasteiger partial charge in [-0.3, -0.25) is 0 Å². The smallest absolute Gasteiger partial charge is 0.0470 e. The molecular formula is C21H27Cl2N3. The van der Waals surface area contributed by atoms with Crippen molar-refractivity contribution in [1.82, 2.24) is 5.32 Å². The van der Waals surface area contributed by atoms with Crippen LogP contribution < -0.4 is 15.5 Å². The second-order valence-electron chi connectivity index (χ2n) is 7.34. The van der Waals surface area contributed by atoms with Crippen LogP contribution in [0.25, 0.3) is 0 Å². The van der Waals surface area contributed by atoms with Crippen molar-refractivity contribution >= 4 is 34.6 Å². The molecule has 0 spiro atoms. The molecule has 1 aliphatic heterocycles. The van der Waals surface area contributed by atoms with Crippen molar-refractivity contribution < 1.29 is 0 Å². The maximum absolute atomic E-state index is 6.31. The third-order valence-electron chi connectivity index (χ3n) is 5.28. The second kappa shape index (κ2) is 8.08. The Bertz CT molecular complexity index is 791. The fraction of sp³-hybridized carbons (Fsp3) is 0.429. The Balaban J connectivity index is 1.88. The first kappa shape index (κ1) is 19.3. The highest BCUT2D eigenvalue weighted by molar-refractivity contribution is 6.35. The summed E-state index contributed by atoms with van der Waals surface area (Å²) in [4.78, 5) is 2.39. The fourth-order valence-electron chi connectivity index (χ4n) is 4.06. The van der Waals surface area contributed by atoms with E-state index in [1.807, 2.05) is 19.2 Å². The van der Waals surface area contributed by atoms with Gasteiger partial charge < -0.3 is 15.5 Å². The van der Waals surface area contributed by atoms with E-state index in [9.17, 15) is 0 Å². The molecule has 0 aromatic heterocycles. The quantitative estimate of drug-likeness (QED) is 0.723. The summed E-state index contributed by atoms with van der Waals surface area (Å²) in [5.41, 5.74) is 6.28. The number of hydrogen-bond acceptors (Lipinski definition) is 3. The molecule has 0 saturated carbocycles. The van der Waals surface area contributed by atoms with Crippen molar-refractivity contribution in [2.24, 2.45) is 5.92 Å². The molecule has 2 aromatic carbocycles. The van der Waals surface area contributed by atoms with Crippen LogP contribution in [0.15, 0.2) is 30.3 Å². The first-order valence-corrected chi connectivity index (χ1v) is 9.84. The van der Waals surface area contributed by atoms with E-state index < -0.39 is 0 Å². The molecule has 3 rings (SSSR count). The summed E-state index contributed by atoms with van der Waals surface area (Å²) in [5.74, 6) is 1.13. The van der Waals surface area contributed by atoms with Crippen LogP contribution in [0.3, 0.4) is 0 Å². The standard InChI is InChI=1S/C21H27Cl2N3/c1-13-7-17(25-10-15-5-6-16(22)8-20(15)23)9-18-19(11-24-3)14(2)12-26(4)21(13)18/h5-9,14,19,24-25H,10-12H2,1-4H3. The summed E-state index contributed by atoms with van der Waals surface area (Å²) < 4.78 is 0. The van der Waals surface area contributed by atoms with Crippen molar-refractivity contribution in [2.45, 2.75) is 26.3 Å². The molecule has 140 valence electrons. The Labute approximate surface area is 166 Å². The van der Waals surface area contributed by atoms with Gasteiger partial charge in [-0.15, -0.1) is 0 Å². The fourth-order valence-corrected chi connectivity index (χ4v) is 4.54. The van der Waals surface area contributed by atoms with Crippen LogP contribution in [0, 0.1) is 12.8 Å². The number of likely N-dealkylation sites (N-methyl/N-ethyl adjacent to an activating group) is 1. The molecule has 3 nitrogen and oxygen atoms in total. The summed E-state index contributed by atoms with van der Waals surface area (Å²) in [5, 5.41) is 8.26. The van der Waals surface area contributed by atoms with Crippen molar-refractivity contribution in [3.8, 4) is 0 Å². The molecule has 2 unspecified atom stereocenters. The van der Waals surface area contributed by atoms with E-state index in [2.05, 4.69) is 48.6 Å². The number of aryl methyl sites for hydroxylation is 1. The zero-order valence-corrected chi connectivity index (χ0v) is 17.4. The van der Waals surface area contributed by atoms with Crippen LogP contribution >= 0.6 is 23.2 Å².